The first-order valence-corrected chi connectivity index (χ1v) is 14.3. The van der Waals surface area contributed by atoms with E-state index in [2.05, 4.69) is 4.90 Å². The zero-order valence-corrected chi connectivity index (χ0v) is 23.3. The molecule has 0 aliphatic carbocycles. The molecule has 1 spiro atoms. The highest BCUT2D eigenvalue weighted by atomic mass is 19.4. The van der Waals surface area contributed by atoms with Gasteiger partial charge in [-0.3, -0.25) is 4.79 Å². The van der Waals surface area contributed by atoms with Gasteiger partial charge in [-0.25, -0.2) is 4.79 Å². The molecule has 1 N–H and O–H groups in total. The molecular weight excluding hydrogens is 580 g/mol. The third-order valence-electron chi connectivity index (χ3n) is 8.67. The summed E-state index contributed by atoms with van der Waals surface area (Å²) < 4.78 is 86.3. The van der Waals surface area contributed by atoms with Crippen LogP contribution in [0.4, 0.5) is 31.1 Å². The molecule has 0 saturated carbocycles. The lowest BCUT2D eigenvalue weighted by Gasteiger charge is -2.50. The Morgan fingerprint density at radius 2 is 1.53 bits per heavy atom. The lowest BCUT2D eigenvalue weighted by atomic mass is 9.74. The highest BCUT2D eigenvalue weighted by molar-refractivity contribution is 5.94. The number of likely N-dealkylation sites (tertiary alicyclic amines) is 2. The van der Waals surface area contributed by atoms with Gasteiger partial charge in [-0.1, -0.05) is 30.3 Å². The zero-order valence-electron chi connectivity index (χ0n) is 23.3. The third-order valence-corrected chi connectivity index (χ3v) is 8.67. The second-order valence-electron chi connectivity index (χ2n) is 11.5. The fourth-order valence-electron chi connectivity index (χ4n) is 6.35. The first kappa shape index (κ1) is 31.1. The van der Waals surface area contributed by atoms with Crippen LogP contribution in [0.1, 0.15) is 58.6 Å². The van der Waals surface area contributed by atoms with Crippen LogP contribution in [0.25, 0.3) is 0 Å². The van der Waals surface area contributed by atoms with Crippen molar-refractivity contribution in [2.75, 3.05) is 45.8 Å². The maximum Gasteiger partial charge on any atom is 0.416 e. The summed E-state index contributed by atoms with van der Waals surface area (Å²) in [6.07, 6.45) is -9.20. The smallest absolute Gasteiger partial charge is 0.416 e. The van der Waals surface area contributed by atoms with Crippen LogP contribution in [0.2, 0.25) is 0 Å². The molecule has 2 unspecified atom stereocenters. The number of β-amino-alcohol motifs (C(OH)–C–C–N with tert-alkyl or cyclic N) is 1. The van der Waals surface area contributed by atoms with Gasteiger partial charge in [0.15, 0.2) is 0 Å². The van der Waals surface area contributed by atoms with Gasteiger partial charge in [-0.2, -0.15) is 26.3 Å². The van der Waals surface area contributed by atoms with E-state index in [-0.39, 0.29) is 44.0 Å². The Hall–Kier alpha value is -3.32. The number of aliphatic hydroxyl groups excluding tert-OH is 1. The topological polar surface area (TPSA) is 73.3 Å². The molecule has 2 atom stereocenters. The van der Waals surface area contributed by atoms with Gasteiger partial charge in [0.1, 0.15) is 5.60 Å². The SMILES string of the molecule is O=C1OC2(CCN(C(=O)c3cc(C(F)(F)F)cc(C(F)(F)F)c3)CC2)C(c2ccccc2)CN1CCCN1CCC(O)C1. The Bertz CT molecular complexity index is 1280. The normalized spacial score (nSPS) is 23.1. The van der Waals surface area contributed by atoms with Crippen molar-refractivity contribution in [1.82, 2.24) is 14.7 Å². The number of ether oxygens (including phenoxy) is 1. The number of hydrogen-bond donors (Lipinski definition) is 1. The van der Waals surface area contributed by atoms with Crippen LogP contribution in [-0.2, 0) is 17.1 Å². The summed E-state index contributed by atoms with van der Waals surface area (Å²) in [6, 6.07) is 10.3. The molecule has 2 aromatic carbocycles. The summed E-state index contributed by atoms with van der Waals surface area (Å²) in [4.78, 5) is 31.4. The van der Waals surface area contributed by atoms with Crippen molar-refractivity contribution in [1.29, 1.82) is 0 Å². The first-order chi connectivity index (χ1) is 20.2. The average molecular weight is 614 g/mol. The molecule has 0 aromatic heterocycles. The second kappa shape index (κ2) is 12.0. The second-order valence-corrected chi connectivity index (χ2v) is 11.5. The van der Waals surface area contributed by atoms with Crippen LogP contribution in [0, 0.1) is 0 Å². The van der Waals surface area contributed by atoms with E-state index in [1.54, 1.807) is 4.90 Å². The number of nitrogens with zero attached hydrogens (tertiary/aromatic N) is 3. The number of rotatable bonds is 6. The fraction of sp³-hybridized carbons (Fsp3) is 0.533. The van der Waals surface area contributed by atoms with E-state index in [9.17, 15) is 41.0 Å². The summed E-state index contributed by atoms with van der Waals surface area (Å²) >= 11 is 0. The number of aliphatic hydroxyl groups is 1. The lowest BCUT2D eigenvalue weighted by molar-refractivity contribution is -0.143. The molecule has 2 amide bonds. The predicted octanol–water partition coefficient (Wildman–Crippen LogP) is 5.39. The molecule has 234 valence electrons. The highest BCUT2D eigenvalue weighted by Crippen LogP contribution is 2.44. The van der Waals surface area contributed by atoms with E-state index in [0.29, 0.717) is 38.2 Å². The van der Waals surface area contributed by atoms with Crippen molar-refractivity contribution < 1.29 is 45.8 Å². The van der Waals surface area contributed by atoms with Gasteiger partial charge < -0.3 is 24.5 Å². The van der Waals surface area contributed by atoms with Gasteiger partial charge in [0.05, 0.1) is 17.2 Å². The van der Waals surface area contributed by atoms with E-state index >= 15 is 0 Å². The van der Waals surface area contributed by atoms with Crippen LogP contribution in [0.3, 0.4) is 0 Å². The van der Waals surface area contributed by atoms with Gasteiger partial charge in [-0.05, 0) is 43.1 Å². The minimum absolute atomic E-state index is 0.00580. The Morgan fingerprint density at radius 1 is 0.907 bits per heavy atom. The van der Waals surface area contributed by atoms with Crippen LogP contribution in [0.5, 0.6) is 0 Å². The quantitative estimate of drug-likeness (QED) is 0.443. The molecule has 5 rings (SSSR count). The molecule has 3 aliphatic rings. The summed E-state index contributed by atoms with van der Waals surface area (Å²) in [5.74, 6) is -1.21. The average Bonchev–Trinajstić information content (AvgIpc) is 3.38. The lowest BCUT2D eigenvalue weighted by Crippen LogP contribution is -2.59. The molecule has 3 fully saturated rings. The molecular formula is C30H33F6N3O4. The van der Waals surface area contributed by atoms with Crippen molar-refractivity contribution in [2.24, 2.45) is 0 Å². The van der Waals surface area contributed by atoms with Crippen molar-refractivity contribution in [2.45, 2.75) is 55.7 Å². The minimum atomic E-state index is -5.07. The molecule has 43 heavy (non-hydrogen) atoms. The third kappa shape index (κ3) is 6.93. The number of piperidine rings is 1. The van der Waals surface area contributed by atoms with E-state index in [0.717, 1.165) is 25.1 Å². The summed E-state index contributed by atoms with van der Waals surface area (Å²) in [5.41, 5.74) is -3.86. The van der Waals surface area contributed by atoms with Crippen LogP contribution in [0.15, 0.2) is 48.5 Å². The van der Waals surface area contributed by atoms with Crippen LogP contribution < -0.4 is 0 Å². The summed E-state index contributed by atoms with van der Waals surface area (Å²) in [6.45, 7) is 2.93. The number of carbonyl (C=O) groups excluding carboxylic acids is 2. The number of benzene rings is 2. The molecule has 13 heteroatoms. The first-order valence-electron chi connectivity index (χ1n) is 14.3. The van der Waals surface area contributed by atoms with Crippen LogP contribution in [-0.4, -0.2) is 89.3 Å². The van der Waals surface area contributed by atoms with Gasteiger partial charge in [-0.15, -0.1) is 0 Å². The Labute approximate surface area is 245 Å². The molecule has 3 aliphatic heterocycles. The highest BCUT2D eigenvalue weighted by Gasteiger charge is 2.51. The maximum absolute atomic E-state index is 13.4. The van der Waals surface area contributed by atoms with Crippen molar-refractivity contribution in [3.8, 4) is 0 Å². The number of carbonyl (C=O) groups is 2. The van der Waals surface area contributed by atoms with E-state index in [4.69, 9.17) is 4.74 Å². The van der Waals surface area contributed by atoms with Crippen molar-refractivity contribution >= 4 is 12.0 Å². The van der Waals surface area contributed by atoms with Crippen molar-refractivity contribution in [3.05, 3.63) is 70.8 Å². The number of amides is 2. The largest absolute Gasteiger partial charge is 0.442 e. The molecule has 0 radical (unpaired) electrons. The number of hydrogen-bond acceptors (Lipinski definition) is 5. The monoisotopic (exact) mass is 613 g/mol. The summed E-state index contributed by atoms with van der Waals surface area (Å²) in [5, 5.41) is 9.76. The molecule has 7 nitrogen and oxygen atoms in total. The molecule has 3 saturated heterocycles. The number of alkyl halides is 6. The standard InChI is InChI=1S/C30H33F6N3O4/c31-29(32,33)22-15-21(16-23(17-22)30(34,35)36)26(41)38-13-8-28(9-14-38)25(20-5-2-1-3-6-20)19-39(27(42)43-28)11-4-10-37-12-7-24(40)18-37/h1-3,5-6,15-17,24-25,40H,4,7-14,18-19H2. The van der Waals surface area contributed by atoms with Crippen molar-refractivity contribution in [3.63, 3.8) is 0 Å². The fourth-order valence-corrected chi connectivity index (χ4v) is 6.35. The number of halogens is 6. The Morgan fingerprint density at radius 3 is 2.09 bits per heavy atom. The summed E-state index contributed by atoms with van der Waals surface area (Å²) in [7, 11) is 0. The molecule has 3 heterocycles. The Kier molecular flexibility index (Phi) is 8.68. The minimum Gasteiger partial charge on any atom is -0.442 e. The van der Waals surface area contributed by atoms with Crippen LogP contribution >= 0.6 is 0 Å². The van der Waals surface area contributed by atoms with E-state index in [1.165, 1.54) is 4.90 Å². The van der Waals surface area contributed by atoms with Gasteiger partial charge in [0, 0.05) is 63.6 Å². The van der Waals surface area contributed by atoms with Gasteiger partial charge in [0.25, 0.3) is 5.91 Å². The van der Waals surface area contributed by atoms with Gasteiger partial charge >= 0.3 is 18.4 Å². The molecule has 2 aromatic rings. The molecule has 0 bridgehead atoms. The maximum atomic E-state index is 13.4. The van der Waals surface area contributed by atoms with E-state index < -0.39 is 46.6 Å². The predicted molar refractivity (Wildman–Crippen MR) is 143 cm³/mol. The van der Waals surface area contributed by atoms with Gasteiger partial charge in [0.2, 0.25) is 0 Å². The zero-order chi connectivity index (χ0) is 31.0. The van der Waals surface area contributed by atoms with E-state index in [1.807, 2.05) is 30.3 Å². The Balaban J connectivity index is 1.31.